The van der Waals surface area contributed by atoms with Crippen LogP contribution < -0.4 is 43.8 Å². The number of nitrogens with two attached hydrogens (primary N) is 3. The number of halogens is 3. The van der Waals surface area contributed by atoms with Crippen molar-refractivity contribution in [2.45, 2.75) is 72.4 Å². The number of nitro groups is 1. The van der Waals surface area contributed by atoms with Gasteiger partial charge in [0.25, 0.3) is 5.69 Å². The van der Waals surface area contributed by atoms with Gasteiger partial charge in [0.2, 0.25) is 0 Å². The Hall–Kier alpha value is -8.15. The smallest absolute Gasteiger partial charge is 0.412 e. The maximum atomic E-state index is 13.1. The van der Waals surface area contributed by atoms with Gasteiger partial charge in [-0.1, -0.05) is 36.4 Å². The van der Waals surface area contributed by atoms with Crippen LogP contribution in [0.3, 0.4) is 0 Å². The zero-order chi connectivity index (χ0) is 49.3. The van der Waals surface area contributed by atoms with Crippen LogP contribution in [0, 0.1) is 27.6 Å². The summed E-state index contributed by atoms with van der Waals surface area (Å²) in [6.45, 7) is 12.1. The van der Waals surface area contributed by atoms with E-state index in [9.17, 15) is 32.9 Å². The van der Waals surface area contributed by atoms with E-state index in [-0.39, 0.29) is 30.3 Å². The van der Waals surface area contributed by atoms with Gasteiger partial charge in [0, 0.05) is 44.2 Å². The first-order valence-corrected chi connectivity index (χ1v) is 20.8. The van der Waals surface area contributed by atoms with Crippen LogP contribution in [0.4, 0.5) is 73.9 Å². The minimum atomic E-state index is -0.679. The van der Waals surface area contributed by atoms with E-state index in [1.807, 2.05) is 6.07 Å². The first-order chi connectivity index (χ1) is 31.5. The molecule has 0 aromatic heterocycles. The van der Waals surface area contributed by atoms with Gasteiger partial charge in [0.05, 0.1) is 27.7 Å². The van der Waals surface area contributed by atoms with E-state index in [1.54, 1.807) is 114 Å². The fraction of sp³-hybridized carbons (Fsp3) is 0.224. The van der Waals surface area contributed by atoms with E-state index in [2.05, 4.69) is 26.6 Å². The predicted octanol–water partition coefficient (Wildman–Crippen LogP) is 11.9. The van der Waals surface area contributed by atoms with Crippen molar-refractivity contribution in [3.05, 3.63) is 172 Å². The molecule has 6 aromatic carbocycles. The number of nitrogens with one attached hydrogen (secondary N) is 5. The molecule has 0 fully saturated rings. The number of hydrogen-bond acceptors (Lipinski definition) is 12. The topological polar surface area (TPSA) is 234 Å². The van der Waals surface area contributed by atoms with Gasteiger partial charge in [0.1, 0.15) is 34.3 Å². The number of benzene rings is 6. The maximum absolute atomic E-state index is 13.1. The Morgan fingerprint density at radius 3 is 1.27 bits per heavy atom. The van der Waals surface area contributed by atoms with Crippen LogP contribution in [0.25, 0.3) is 0 Å². The minimum absolute atomic E-state index is 0. The Morgan fingerprint density at radius 2 is 0.881 bits per heavy atom. The molecule has 0 radical (unpaired) electrons. The number of carbonyl (C=O) groups is 2. The molecule has 2 amide bonds. The first kappa shape index (κ1) is 51.5. The molecular weight excluding hydrogens is 868 g/mol. The highest BCUT2D eigenvalue weighted by molar-refractivity contribution is 5.96. The molecule has 0 aliphatic rings. The third kappa shape index (κ3) is 18.8. The Bertz CT molecular complexity index is 2590. The second kappa shape index (κ2) is 23.7. The molecule has 0 bridgehead atoms. The van der Waals surface area contributed by atoms with Crippen LogP contribution in [-0.4, -0.2) is 28.3 Å². The van der Waals surface area contributed by atoms with Crippen molar-refractivity contribution in [3.8, 4) is 0 Å². The third-order valence-corrected chi connectivity index (χ3v) is 8.83. The van der Waals surface area contributed by atoms with E-state index >= 15 is 0 Å². The van der Waals surface area contributed by atoms with Crippen molar-refractivity contribution in [2.75, 3.05) is 43.8 Å². The largest absolute Gasteiger partial charge is 0.444 e. The van der Waals surface area contributed by atoms with Crippen LogP contribution in [-0.2, 0) is 29.1 Å². The van der Waals surface area contributed by atoms with Gasteiger partial charge >= 0.3 is 12.2 Å². The van der Waals surface area contributed by atoms with Gasteiger partial charge in [-0.15, -0.1) is 0 Å². The number of anilines is 8. The average Bonchev–Trinajstić information content (AvgIpc) is 3.24. The van der Waals surface area contributed by atoms with Gasteiger partial charge in [-0.25, -0.2) is 22.8 Å². The Labute approximate surface area is 388 Å². The van der Waals surface area contributed by atoms with Crippen LogP contribution in [0.5, 0.6) is 0 Å². The van der Waals surface area contributed by atoms with E-state index in [1.165, 1.54) is 48.5 Å². The van der Waals surface area contributed by atoms with E-state index in [4.69, 9.17) is 26.7 Å². The number of carbonyl (C=O) groups excluding carboxylic acids is 2. The summed E-state index contributed by atoms with van der Waals surface area (Å²) < 4.78 is 49.1. The second-order valence-corrected chi connectivity index (χ2v) is 16.8. The van der Waals surface area contributed by atoms with Gasteiger partial charge in [-0.3, -0.25) is 20.7 Å². The van der Waals surface area contributed by atoms with Gasteiger partial charge in [0.15, 0.2) is 0 Å². The number of nitrogen functional groups attached to an aromatic ring is 3. The van der Waals surface area contributed by atoms with Crippen LogP contribution >= 0.6 is 0 Å². The van der Waals surface area contributed by atoms with Crippen LogP contribution in [0.2, 0.25) is 0 Å². The number of hydrogen-bond donors (Lipinski definition) is 8. The number of amides is 2. The monoisotopic (exact) mass is 925 g/mol. The zero-order valence-electron chi connectivity index (χ0n) is 38.0. The predicted molar refractivity (Wildman–Crippen MR) is 262 cm³/mol. The van der Waals surface area contributed by atoms with Crippen molar-refractivity contribution >= 4 is 63.4 Å². The molecule has 6 aromatic rings. The van der Waals surface area contributed by atoms with Crippen LogP contribution in [0.1, 0.15) is 59.7 Å². The molecule has 0 aliphatic carbocycles. The molecule has 0 saturated heterocycles. The molecule has 6 rings (SSSR count). The van der Waals surface area contributed by atoms with Crippen molar-refractivity contribution in [2.24, 2.45) is 0 Å². The number of nitro benzene ring substituents is 1. The highest BCUT2D eigenvalue weighted by Gasteiger charge is 2.21. The summed E-state index contributed by atoms with van der Waals surface area (Å²) >= 11 is 0. The molecule has 0 unspecified atom stereocenters. The lowest BCUT2D eigenvalue weighted by atomic mass is 10.2. The number of nitrogens with zero attached hydrogens (tertiary/aromatic N) is 1. The molecule has 356 valence electrons. The second-order valence-electron chi connectivity index (χ2n) is 16.8. The summed E-state index contributed by atoms with van der Waals surface area (Å²) in [6.07, 6.45) is -1.30. The maximum Gasteiger partial charge on any atom is 0.412 e. The molecule has 0 atom stereocenters. The minimum Gasteiger partial charge on any atom is -0.444 e. The van der Waals surface area contributed by atoms with E-state index in [0.29, 0.717) is 53.8 Å². The highest BCUT2D eigenvalue weighted by atomic mass is 19.1. The number of ether oxygens (including phenoxy) is 2. The summed E-state index contributed by atoms with van der Waals surface area (Å²) in [4.78, 5) is 34.7. The Balaban J connectivity index is 0.000000285. The van der Waals surface area contributed by atoms with Crippen molar-refractivity contribution < 1.29 is 38.6 Å². The lowest BCUT2D eigenvalue weighted by Crippen LogP contribution is -2.29. The van der Waals surface area contributed by atoms with Crippen molar-refractivity contribution in [1.29, 1.82) is 0 Å². The first-order valence-electron chi connectivity index (χ1n) is 20.8. The molecule has 15 nitrogen and oxygen atoms in total. The quantitative estimate of drug-likeness (QED) is 0.0325. The molecule has 18 heteroatoms. The summed E-state index contributed by atoms with van der Waals surface area (Å²) in [5, 5.41) is 25.5. The number of rotatable bonds is 12. The normalized spacial score (nSPS) is 10.8. The van der Waals surface area contributed by atoms with Gasteiger partial charge in [-0.05, 0) is 143 Å². The summed E-state index contributed by atoms with van der Waals surface area (Å²) in [6, 6.07) is 33.5. The van der Waals surface area contributed by atoms with Crippen molar-refractivity contribution in [3.63, 3.8) is 0 Å². The summed E-state index contributed by atoms with van der Waals surface area (Å²) in [7, 11) is 0. The van der Waals surface area contributed by atoms with Crippen LogP contribution in [0.15, 0.2) is 127 Å². The Kier molecular flexibility index (Phi) is 18.2. The lowest BCUT2D eigenvalue weighted by molar-refractivity contribution is -0.383. The molecule has 0 saturated carbocycles. The SMILES string of the molecule is CC(C)(C)OC(=O)Nc1ccc(NCc2ccc(F)cc2)cc1NC(=O)OC(C)(C)C.Nc1ccc(NCc2ccc(F)cc2)cc1N.Nc1ccc(NCc2ccc(F)cc2)cc1[N+](=O)[O-].[HH]. The molecule has 0 heterocycles. The zero-order valence-corrected chi connectivity index (χ0v) is 38.0. The summed E-state index contributed by atoms with van der Waals surface area (Å²) in [5.74, 6) is -0.831. The van der Waals surface area contributed by atoms with E-state index < -0.39 is 28.3 Å². The lowest BCUT2D eigenvalue weighted by Gasteiger charge is -2.22. The third-order valence-electron chi connectivity index (χ3n) is 8.83. The molecule has 67 heavy (non-hydrogen) atoms. The summed E-state index contributed by atoms with van der Waals surface area (Å²) in [5.41, 5.74) is 22.2. The molecule has 0 aliphatic heterocycles. The highest BCUT2D eigenvalue weighted by Crippen LogP contribution is 2.29. The molecule has 11 N–H and O–H groups in total. The standard InChI is InChI=1S/C23H30FN3O4.C13H12FN3O2.C13H14FN3.H2/c1-22(2,3)30-20(28)26-18-12-11-17(25-14-15-7-9-16(24)10-8-15)13-19(18)27-21(29)31-23(4,5)6;14-10-3-1-9(2-4-10)8-16-11-5-6-12(15)13(7-11)17(18)19;14-10-3-1-9(2-4-10)8-17-11-5-6-12(15)13(16)7-11;/h7-13,25H,14H2,1-6H3,(H,26,28)(H,27,29);1-7,16H,8,15H2;1-7,17H,8,15-16H2;1H. The fourth-order valence-electron chi connectivity index (χ4n) is 5.61. The fourth-order valence-corrected chi connectivity index (χ4v) is 5.61. The molecule has 0 spiro atoms. The van der Waals surface area contributed by atoms with Gasteiger partial charge < -0.3 is 42.6 Å². The Morgan fingerprint density at radius 1 is 0.522 bits per heavy atom. The average molecular weight is 926 g/mol. The van der Waals surface area contributed by atoms with E-state index in [0.717, 1.165) is 22.4 Å². The molecular formula is C49H58F3N9O6. The van der Waals surface area contributed by atoms with Gasteiger partial charge in [-0.2, -0.15) is 0 Å². The van der Waals surface area contributed by atoms with Crippen molar-refractivity contribution in [1.82, 2.24) is 0 Å².